The second-order valence-corrected chi connectivity index (χ2v) is 7.10. The molecule has 1 aromatic heterocycles. The summed E-state index contributed by atoms with van der Waals surface area (Å²) in [6, 6.07) is 12.6. The topological polar surface area (TPSA) is 72.8 Å². The van der Waals surface area contributed by atoms with Gasteiger partial charge in [-0.3, -0.25) is 9.89 Å². The van der Waals surface area contributed by atoms with Gasteiger partial charge < -0.3 is 4.90 Å². The number of H-pyrrole nitrogens is 1. The van der Waals surface area contributed by atoms with Crippen LogP contribution < -0.4 is 0 Å². The number of nitriles is 1. The van der Waals surface area contributed by atoms with Crippen LogP contribution in [0.4, 0.5) is 13.2 Å². The molecule has 1 fully saturated rings. The van der Waals surface area contributed by atoms with Crippen LogP contribution in [-0.4, -0.2) is 34.1 Å². The molecule has 0 radical (unpaired) electrons. The monoisotopic (exact) mass is 398 g/mol. The van der Waals surface area contributed by atoms with Crippen molar-refractivity contribution >= 4 is 16.8 Å². The molecule has 0 unspecified atom stereocenters. The maximum absolute atomic E-state index is 13.3. The zero-order valence-electron chi connectivity index (χ0n) is 15.3. The third-order valence-corrected chi connectivity index (χ3v) is 5.38. The molecule has 2 aromatic carbocycles. The smallest absolute Gasteiger partial charge is 0.337 e. The zero-order chi connectivity index (χ0) is 20.6. The summed E-state index contributed by atoms with van der Waals surface area (Å²) >= 11 is 0. The number of carbonyl (C=O) groups is 1. The first-order chi connectivity index (χ1) is 13.9. The summed E-state index contributed by atoms with van der Waals surface area (Å²) in [5, 5.41) is 16.5. The fourth-order valence-corrected chi connectivity index (χ4v) is 3.90. The second-order valence-electron chi connectivity index (χ2n) is 7.10. The molecule has 2 heterocycles. The number of nitrogens with zero attached hydrogens (tertiary/aromatic N) is 3. The van der Waals surface area contributed by atoms with E-state index in [1.165, 1.54) is 12.1 Å². The highest BCUT2D eigenvalue weighted by atomic mass is 19.4. The van der Waals surface area contributed by atoms with Gasteiger partial charge in [0.15, 0.2) is 5.69 Å². The third-order valence-electron chi connectivity index (χ3n) is 5.38. The number of hydrogen-bond donors (Lipinski definition) is 1. The fourth-order valence-electron chi connectivity index (χ4n) is 3.90. The van der Waals surface area contributed by atoms with E-state index in [-0.39, 0.29) is 23.1 Å². The molecule has 0 saturated carbocycles. The lowest BCUT2D eigenvalue weighted by Crippen LogP contribution is -2.38. The van der Waals surface area contributed by atoms with Crippen LogP contribution in [0.2, 0.25) is 0 Å². The van der Waals surface area contributed by atoms with E-state index in [2.05, 4.69) is 10.2 Å². The normalized spacial score (nSPS) is 15.4. The minimum atomic E-state index is -4.39. The number of aromatic nitrogens is 2. The number of likely N-dealkylation sites (tertiary alicyclic amines) is 1. The SMILES string of the molecule is N#Cc1ccc2[nH]nc(C(=O)N3CCC(c4ccccc4C(F)(F)F)CC3)c2c1. The van der Waals surface area contributed by atoms with Crippen molar-refractivity contribution in [3.63, 3.8) is 0 Å². The number of piperidine rings is 1. The summed E-state index contributed by atoms with van der Waals surface area (Å²) in [6.45, 7) is 0.698. The first-order valence-electron chi connectivity index (χ1n) is 9.22. The number of benzene rings is 2. The largest absolute Gasteiger partial charge is 0.416 e. The average Bonchev–Trinajstić information content (AvgIpc) is 3.16. The van der Waals surface area contributed by atoms with Crippen molar-refractivity contribution in [3.8, 4) is 6.07 Å². The average molecular weight is 398 g/mol. The van der Waals surface area contributed by atoms with Crippen molar-refractivity contribution in [2.45, 2.75) is 24.9 Å². The number of aromatic amines is 1. The Hall–Kier alpha value is -3.34. The van der Waals surface area contributed by atoms with Gasteiger partial charge in [0.05, 0.1) is 22.7 Å². The quantitative estimate of drug-likeness (QED) is 0.692. The molecule has 1 amide bonds. The number of rotatable bonds is 2. The summed E-state index contributed by atoms with van der Waals surface area (Å²) in [5.74, 6) is -0.535. The van der Waals surface area contributed by atoms with Crippen molar-refractivity contribution in [3.05, 3.63) is 64.8 Å². The van der Waals surface area contributed by atoms with E-state index < -0.39 is 11.7 Å². The highest BCUT2D eigenvalue weighted by Gasteiger charge is 2.36. The van der Waals surface area contributed by atoms with Crippen LogP contribution in [-0.2, 0) is 6.18 Å². The minimum Gasteiger partial charge on any atom is -0.337 e. The van der Waals surface area contributed by atoms with E-state index in [0.29, 0.717) is 42.4 Å². The number of amides is 1. The molecule has 5 nitrogen and oxygen atoms in total. The molecule has 3 aromatic rings. The van der Waals surface area contributed by atoms with Gasteiger partial charge in [-0.1, -0.05) is 18.2 Å². The Morgan fingerprint density at radius 2 is 1.90 bits per heavy atom. The molecular formula is C21H17F3N4O. The van der Waals surface area contributed by atoms with E-state index in [0.717, 1.165) is 6.07 Å². The molecule has 4 rings (SSSR count). The fraction of sp³-hybridized carbons (Fsp3) is 0.286. The molecule has 148 valence electrons. The van der Waals surface area contributed by atoms with Gasteiger partial charge in [0.2, 0.25) is 0 Å². The Morgan fingerprint density at radius 1 is 1.17 bits per heavy atom. The summed E-state index contributed by atoms with van der Waals surface area (Å²) < 4.78 is 39.9. The minimum absolute atomic E-state index is 0.228. The summed E-state index contributed by atoms with van der Waals surface area (Å²) in [5.41, 5.74) is 0.992. The van der Waals surface area contributed by atoms with Gasteiger partial charge in [-0.05, 0) is 48.6 Å². The Bertz CT molecular complexity index is 1110. The lowest BCUT2D eigenvalue weighted by atomic mass is 9.86. The van der Waals surface area contributed by atoms with E-state index in [9.17, 15) is 18.0 Å². The van der Waals surface area contributed by atoms with Gasteiger partial charge >= 0.3 is 6.18 Å². The summed E-state index contributed by atoms with van der Waals surface area (Å²) in [7, 11) is 0. The lowest BCUT2D eigenvalue weighted by molar-refractivity contribution is -0.138. The van der Waals surface area contributed by atoms with Crippen LogP contribution in [0.1, 0.15) is 45.9 Å². The molecular weight excluding hydrogens is 381 g/mol. The van der Waals surface area contributed by atoms with Crippen LogP contribution in [0, 0.1) is 11.3 Å². The van der Waals surface area contributed by atoms with Crippen molar-refractivity contribution < 1.29 is 18.0 Å². The van der Waals surface area contributed by atoms with Gasteiger partial charge in [-0.25, -0.2) is 0 Å². The van der Waals surface area contributed by atoms with Crippen molar-refractivity contribution in [2.75, 3.05) is 13.1 Å². The van der Waals surface area contributed by atoms with E-state index in [1.54, 1.807) is 29.2 Å². The van der Waals surface area contributed by atoms with Crippen molar-refractivity contribution in [2.24, 2.45) is 0 Å². The molecule has 1 saturated heterocycles. The molecule has 8 heteroatoms. The third kappa shape index (κ3) is 3.56. The van der Waals surface area contributed by atoms with Crippen LogP contribution in [0.3, 0.4) is 0 Å². The van der Waals surface area contributed by atoms with Crippen LogP contribution >= 0.6 is 0 Å². The Labute approximate surface area is 164 Å². The number of nitrogens with one attached hydrogen (secondary N) is 1. The Morgan fingerprint density at radius 3 is 2.59 bits per heavy atom. The van der Waals surface area contributed by atoms with Crippen molar-refractivity contribution in [1.29, 1.82) is 5.26 Å². The molecule has 0 bridgehead atoms. The van der Waals surface area contributed by atoms with Gasteiger partial charge in [-0.15, -0.1) is 0 Å². The van der Waals surface area contributed by atoms with Gasteiger partial charge in [-0.2, -0.15) is 23.5 Å². The number of alkyl halides is 3. The predicted molar refractivity (Wildman–Crippen MR) is 100 cm³/mol. The molecule has 0 spiro atoms. The van der Waals surface area contributed by atoms with Crippen LogP contribution in [0.25, 0.3) is 10.9 Å². The Kier molecular flexibility index (Phi) is 4.74. The van der Waals surface area contributed by atoms with E-state index in [4.69, 9.17) is 5.26 Å². The number of fused-ring (bicyclic) bond motifs is 1. The Balaban J connectivity index is 1.53. The van der Waals surface area contributed by atoms with Crippen LogP contribution in [0.5, 0.6) is 0 Å². The highest BCUT2D eigenvalue weighted by Crippen LogP contribution is 2.38. The first kappa shape index (κ1) is 19.0. The maximum Gasteiger partial charge on any atom is 0.416 e. The molecule has 1 aliphatic heterocycles. The lowest BCUT2D eigenvalue weighted by Gasteiger charge is -2.33. The molecule has 29 heavy (non-hydrogen) atoms. The number of hydrogen-bond acceptors (Lipinski definition) is 3. The van der Waals surface area contributed by atoms with Gasteiger partial charge in [0, 0.05) is 18.5 Å². The standard InChI is InChI=1S/C21H17F3N4O/c22-21(23,24)17-4-2-1-3-15(17)14-7-9-28(10-8-14)20(29)19-16-11-13(12-25)5-6-18(16)26-27-19/h1-6,11,14H,7-10H2,(H,26,27). The number of carbonyl (C=O) groups excluding carboxylic acids is 1. The van der Waals surface area contributed by atoms with E-state index in [1.807, 2.05) is 6.07 Å². The van der Waals surface area contributed by atoms with Gasteiger partial charge in [0.1, 0.15) is 0 Å². The van der Waals surface area contributed by atoms with Gasteiger partial charge in [0.25, 0.3) is 5.91 Å². The molecule has 1 N–H and O–H groups in total. The molecule has 0 atom stereocenters. The molecule has 1 aliphatic rings. The van der Waals surface area contributed by atoms with Crippen LogP contribution in [0.15, 0.2) is 42.5 Å². The summed E-state index contributed by atoms with van der Waals surface area (Å²) in [6.07, 6.45) is -3.49. The predicted octanol–water partition coefficient (Wildman–Crippen LogP) is 4.47. The summed E-state index contributed by atoms with van der Waals surface area (Å²) in [4.78, 5) is 14.5. The van der Waals surface area contributed by atoms with E-state index >= 15 is 0 Å². The highest BCUT2D eigenvalue weighted by molar-refractivity contribution is 6.05. The zero-order valence-corrected chi connectivity index (χ0v) is 15.3. The first-order valence-corrected chi connectivity index (χ1v) is 9.22. The maximum atomic E-state index is 13.3. The number of halogens is 3. The van der Waals surface area contributed by atoms with Crippen molar-refractivity contribution in [1.82, 2.24) is 15.1 Å². The molecule has 0 aliphatic carbocycles. The second kappa shape index (κ2) is 7.24.